The first-order valence-electron chi connectivity index (χ1n) is 5.76. The number of nitrogens with zero attached hydrogens (tertiary/aromatic N) is 1. The number of aryl methyl sites for hydroxylation is 1. The van der Waals surface area contributed by atoms with E-state index >= 15 is 0 Å². The number of likely N-dealkylation sites (tertiary alicyclic amines) is 1. The lowest BCUT2D eigenvalue weighted by Crippen LogP contribution is -2.33. The first-order valence-corrected chi connectivity index (χ1v) is 5.76. The Bertz CT molecular complexity index is 414. The lowest BCUT2D eigenvalue weighted by atomic mass is 10.1. The second-order valence-electron chi connectivity index (χ2n) is 4.56. The van der Waals surface area contributed by atoms with Gasteiger partial charge >= 0.3 is 0 Å². The van der Waals surface area contributed by atoms with Gasteiger partial charge in [0.1, 0.15) is 0 Å². The number of hydrogen-bond acceptors (Lipinski definition) is 2. The van der Waals surface area contributed by atoms with E-state index in [1.807, 2.05) is 30.0 Å². The maximum Gasteiger partial charge on any atom is 0.254 e. The summed E-state index contributed by atoms with van der Waals surface area (Å²) in [4.78, 5) is 14.2. The number of nitrogens with two attached hydrogens (primary N) is 1. The first-order chi connectivity index (χ1) is 7.59. The number of carbonyl (C=O) groups is 1. The molecule has 1 aliphatic rings. The van der Waals surface area contributed by atoms with Crippen molar-refractivity contribution in [3.8, 4) is 0 Å². The van der Waals surface area contributed by atoms with Gasteiger partial charge in [-0.25, -0.2) is 0 Å². The fraction of sp³-hybridized carbons (Fsp3) is 0.462. The highest BCUT2D eigenvalue weighted by molar-refractivity contribution is 5.95. The fourth-order valence-electron chi connectivity index (χ4n) is 2.21. The lowest BCUT2D eigenvalue weighted by Gasteiger charge is -2.21. The zero-order chi connectivity index (χ0) is 11.7. The van der Waals surface area contributed by atoms with Gasteiger partial charge in [-0.1, -0.05) is 0 Å². The van der Waals surface area contributed by atoms with Crippen molar-refractivity contribution < 1.29 is 4.79 Å². The first kappa shape index (κ1) is 11.0. The van der Waals surface area contributed by atoms with Crippen LogP contribution in [0.25, 0.3) is 0 Å². The molecule has 1 atom stereocenters. The number of hydrogen-bond donors (Lipinski definition) is 1. The van der Waals surface area contributed by atoms with Crippen LogP contribution in [0.2, 0.25) is 0 Å². The van der Waals surface area contributed by atoms with Gasteiger partial charge in [0.05, 0.1) is 0 Å². The van der Waals surface area contributed by atoms with E-state index in [1.54, 1.807) is 0 Å². The molecule has 0 saturated carbocycles. The summed E-state index contributed by atoms with van der Waals surface area (Å²) in [6, 6.07) is 5.87. The minimum absolute atomic E-state index is 0.133. The maximum atomic E-state index is 12.2. The molecular formula is C13H18N2O. The Kier molecular flexibility index (Phi) is 2.86. The van der Waals surface area contributed by atoms with E-state index in [0.717, 1.165) is 36.2 Å². The monoisotopic (exact) mass is 218 g/mol. The number of amides is 1. The number of anilines is 1. The van der Waals surface area contributed by atoms with Gasteiger partial charge < -0.3 is 10.6 Å². The van der Waals surface area contributed by atoms with Crippen LogP contribution >= 0.6 is 0 Å². The molecule has 1 aromatic carbocycles. The van der Waals surface area contributed by atoms with Crippen LogP contribution in [-0.2, 0) is 0 Å². The second kappa shape index (κ2) is 4.16. The molecule has 1 amide bonds. The van der Waals surface area contributed by atoms with Crippen molar-refractivity contribution in [3.63, 3.8) is 0 Å². The van der Waals surface area contributed by atoms with Crippen LogP contribution in [-0.4, -0.2) is 23.4 Å². The summed E-state index contributed by atoms with van der Waals surface area (Å²) in [7, 11) is 0. The Labute approximate surface area is 96.2 Å². The van der Waals surface area contributed by atoms with Gasteiger partial charge in [0.25, 0.3) is 5.91 Å². The standard InChI is InChI=1S/C13H18N2O/c1-9-8-11(5-6-12(9)14)13(16)15-7-3-4-10(15)2/h5-6,8,10H,3-4,7,14H2,1-2H3. The summed E-state index contributed by atoms with van der Waals surface area (Å²) in [5.74, 6) is 0.133. The van der Waals surface area contributed by atoms with Gasteiger partial charge in [-0.2, -0.15) is 0 Å². The van der Waals surface area contributed by atoms with Crippen molar-refractivity contribution in [1.29, 1.82) is 0 Å². The lowest BCUT2D eigenvalue weighted by molar-refractivity contribution is 0.0747. The van der Waals surface area contributed by atoms with Gasteiger partial charge in [0, 0.05) is 23.8 Å². The van der Waals surface area contributed by atoms with Crippen LogP contribution in [0.1, 0.15) is 35.7 Å². The summed E-state index contributed by atoms with van der Waals surface area (Å²) in [6.07, 6.45) is 2.22. The maximum absolute atomic E-state index is 12.2. The largest absolute Gasteiger partial charge is 0.399 e. The predicted octanol–water partition coefficient (Wildman–Crippen LogP) is 2.20. The van der Waals surface area contributed by atoms with Crippen molar-refractivity contribution in [3.05, 3.63) is 29.3 Å². The van der Waals surface area contributed by atoms with Gasteiger partial charge in [-0.05, 0) is 50.5 Å². The summed E-state index contributed by atoms with van der Waals surface area (Å²) < 4.78 is 0. The van der Waals surface area contributed by atoms with Gasteiger partial charge in [0.15, 0.2) is 0 Å². The number of benzene rings is 1. The number of nitrogen functional groups attached to an aromatic ring is 1. The highest BCUT2D eigenvalue weighted by Gasteiger charge is 2.25. The molecule has 3 heteroatoms. The molecule has 0 bridgehead atoms. The van der Waals surface area contributed by atoms with Crippen molar-refractivity contribution in [1.82, 2.24) is 4.90 Å². The average Bonchev–Trinajstić information content (AvgIpc) is 2.67. The Morgan fingerprint density at radius 3 is 2.81 bits per heavy atom. The zero-order valence-electron chi connectivity index (χ0n) is 9.86. The van der Waals surface area contributed by atoms with E-state index in [-0.39, 0.29) is 5.91 Å². The molecule has 2 N–H and O–H groups in total. The van der Waals surface area contributed by atoms with Crippen LogP contribution in [0, 0.1) is 6.92 Å². The molecule has 1 aromatic rings. The molecule has 1 aliphatic heterocycles. The average molecular weight is 218 g/mol. The Morgan fingerprint density at radius 2 is 2.25 bits per heavy atom. The highest BCUT2D eigenvalue weighted by atomic mass is 16.2. The van der Waals surface area contributed by atoms with E-state index < -0.39 is 0 Å². The number of carbonyl (C=O) groups excluding carboxylic acids is 1. The minimum Gasteiger partial charge on any atom is -0.399 e. The summed E-state index contributed by atoms with van der Waals surface area (Å²) >= 11 is 0. The predicted molar refractivity (Wildman–Crippen MR) is 65.3 cm³/mol. The molecule has 86 valence electrons. The molecule has 1 fully saturated rings. The Hall–Kier alpha value is -1.51. The third-order valence-corrected chi connectivity index (χ3v) is 3.33. The van der Waals surface area contributed by atoms with Gasteiger partial charge in [-0.15, -0.1) is 0 Å². The summed E-state index contributed by atoms with van der Waals surface area (Å²) in [5, 5.41) is 0. The molecule has 0 aromatic heterocycles. The molecule has 3 nitrogen and oxygen atoms in total. The SMILES string of the molecule is Cc1cc(C(=O)N2CCCC2C)ccc1N. The Morgan fingerprint density at radius 1 is 1.50 bits per heavy atom. The molecule has 2 rings (SSSR count). The summed E-state index contributed by atoms with van der Waals surface area (Å²) in [5.41, 5.74) is 8.21. The van der Waals surface area contributed by atoms with E-state index in [0.29, 0.717) is 6.04 Å². The van der Waals surface area contributed by atoms with E-state index in [4.69, 9.17) is 5.73 Å². The molecule has 16 heavy (non-hydrogen) atoms. The highest BCUT2D eigenvalue weighted by Crippen LogP contribution is 2.21. The molecular weight excluding hydrogens is 200 g/mol. The van der Waals surface area contributed by atoms with Gasteiger partial charge in [-0.3, -0.25) is 4.79 Å². The third kappa shape index (κ3) is 1.90. The van der Waals surface area contributed by atoms with Crippen molar-refractivity contribution in [2.75, 3.05) is 12.3 Å². The number of rotatable bonds is 1. The zero-order valence-corrected chi connectivity index (χ0v) is 9.86. The second-order valence-corrected chi connectivity index (χ2v) is 4.56. The molecule has 0 radical (unpaired) electrons. The van der Waals surface area contributed by atoms with Crippen LogP contribution in [0.3, 0.4) is 0 Å². The quantitative estimate of drug-likeness (QED) is 0.734. The van der Waals surface area contributed by atoms with Crippen molar-refractivity contribution in [2.45, 2.75) is 32.7 Å². The van der Waals surface area contributed by atoms with Crippen LogP contribution in [0.15, 0.2) is 18.2 Å². The Balaban J connectivity index is 2.23. The molecule has 1 unspecified atom stereocenters. The van der Waals surface area contributed by atoms with E-state index in [2.05, 4.69) is 6.92 Å². The molecule has 0 spiro atoms. The molecule has 0 aliphatic carbocycles. The van der Waals surface area contributed by atoms with Crippen molar-refractivity contribution in [2.24, 2.45) is 0 Å². The third-order valence-electron chi connectivity index (χ3n) is 3.33. The van der Waals surface area contributed by atoms with E-state index in [1.165, 1.54) is 0 Å². The fourth-order valence-corrected chi connectivity index (χ4v) is 2.21. The smallest absolute Gasteiger partial charge is 0.254 e. The normalized spacial score (nSPS) is 20.1. The topological polar surface area (TPSA) is 46.3 Å². The van der Waals surface area contributed by atoms with Crippen molar-refractivity contribution >= 4 is 11.6 Å². The summed E-state index contributed by atoms with van der Waals surface area (Å²) in [6.45, 7) is 4.91. The van der Waals surface area contributed by atoms with Crippen LogP contribution in [0.5, 0.6) is 0 Å². The molecule has 1 heterocycles. The molecule has 1 saturated heterocycles. The van der Waals surface area contributed by atoms with Gasteiger partial charge in [0.2, 0.25) is 0 Å². The van der Waals surface area contributed by atoms with Crippen LogP contribution in [0.4, 0.5) is 5.69 Å². The van der Waals surface area contributed by atoms with Crippen LogP contribution < -0.4 is 5.73 Å². The minimum atomic E-state index is 0.133. The van der Waals surface area contributed by atoms with E-state index in [9.17, 15) is 4.79 Å².